The van der Waals surface area contributed by atoms with E-state index >= 15 is 0 Å². The molecule has 3 rings (SSSR count). The van der Waals surface area contributed by atoms with E-state index in [1.54, 1.807) is 9.36 Å². The topological polar surface area (TPSA) is 69.7 Å². The van der Waals surface area contributed by atoms with Crippen molar-refractivity contribution in [3.63, 3.8) is 0 Å². The van der Waals surface area contributed by atoms with Gasteiger partial charge in [0.05, 0.1) is 11.4 Å². The van der Waals surface area contributed by atoms with Gasteiger partial charge in [0.1, 0.15) is 31.0 Å². The minimum absolute atomic E-state index is 0.118. The van der Waals surface area contributed by atoms with E-state index in [0.29, 0.717) is 5.69 Å². The first-order valence-electron chi connectivity index (χ1n) is 9.44. The van der Waals surface area contributed by atoms with Crippen LogP contribution < -0.4 is 15.8 Å². The van der Waals surface area contributed by atoms with Gasteiger partial charge in [-0.1, -0.05) is 18.2 Å². The van der Waals surface area contributed by atoms with E-state index in [1.165, 1.54) is 4.90 Å². The van der Waals surface area contributed by atoms with Crippen molar-refractivity contribution in [3.05, 3.63) is 46.4 Å². The Bertz CT molecular complexity index is 861. The van der Waals surface area contributed by atoms with Crippen molar-refractivity contribution >= 4 is 11.6 Å². The average Bonchev–Trinajstić information content (AvgIpc) is 2.84. The van der Waals surface area contributed by atoms with Crippen molar-refractivity contribution in [1.29, 1.82) is 0 Å². The molecule has 0 aliphatic carbocycles. The van der Waals surface area contributed by atoms with E-state index in [1.807, 2.05) is 65.1 Å². The summed E-state index contributed by atoms with van der Waals surface area (Å²) in [5.41, 5.74) is 1.61. The highest BCUT2D eigenvalue weighted by Crippen LogP contribution is 2.14. The zero-order chi connectivity index (χ0) is 19.7. The third-order valence-corrected chi connectivity index (χ3v) is 5.37. The lowest BCUT2D eigenvalue weighted by Gasteiger charge is -2.35. The minimum Gasteiger partial charge on any atom is -0.364 e. The maximum absolute atomic E-state index is 13.0. The number of aromatic nitrogens is 2. The summed E-state index contributed by atoms with van der Waals surface area (Å²) in [5, 5.41) is 2.88. The number of carbonyl (C=O) groups is 1. The highest BCUT2D eigenvalue weighted by Gasteiger charge is 2.33. The molecule has 0 radical (unpaired) electrons. The maximum Gasteiger partial charge on any atom is 0.295 e. The fourth-order valence-corrected chi connectivity index (χ4v) is 3.80. The number of para-hydroxylation sites is 1. The number of ether oxygens (including phenoxy) is 1. The maximum atomic E-state index is 13.0. The number of carbonyl (C=O) groups excluding carboxylic acids is 1. The molecule has 1 aromatic carbocycles. The Morgan fingerprint density at radius 1 is 1.22 bits per heavy atom. The number of morpholine rings is 1. The third kappa shape index (κ3) is 3.84. The second kappa shape index (κ2) is 7.70. The van der Waals surface area contributed by atoms with Gasteiger partial charge in [-0.05, 0) is 39.8 Å². The predicted molar refractivity (Wildman–Crippen MR) is 105 cm³/mol. The molecule has 1 aliphatic heterocycles. The molecule has 1 fully saturated rings. The van der Waals surface area contributed by atoms with Crippen LogP contribution in [0.25, 0.3) is 5.69 Å². The van der Waals surface area contributed by atoms with E-state index in [-0.39, 0.29) is 29.7 Å². The zero-order valence-electron chi connectivity index (χ0n) is 16.7. The van der Waals surface area contributed by atoms with Gasteiger partial charge in [0, 0.05) is 7.05 Å². The number of amides is 1. The largest absolute Gasteiger partial charge is 0.364 e. The van der Waals surface area contributed by atoms with Crippen LogP contribution in [0.15, 0.2) is 35.1 Å². The molecule has 2 heterocycles. The summed E-state index contributed by atoms with van der Waals surface area (Å²) in [4.78, 5) is 27.0. The summed E-state index contributed by atoms with van der Waals surface area (Å²) in [7, 11) is 1.82. The highest BCUT2D eigenvalue weighted by atomic mass is 16.5. The second-order valence-corrected chi connectivity index (χ2v) is 7.47. The number of nitrogens with zero attached hydrogens (tertiary/aromatic N) is 2. The molecule has 146 valence electrons. The number of quaternary nitrogens is 1. The summed E-state index contributed by atoms with van der Waals surface area (Å²) in [5.74, 6) is -0.141. The summed E-state index contributed by atoms with van der Waals surface area (Å²) in [6.45, 7) is 9.36. The lowest BCUT2D eigenvalue weighted by Crippen LogP contribution is -3.19. The van der Waals surface area contributed by atoms with Crippen LogP contribution >= 0.6 is 0 Å². The van der Waals surface area contributed by atoms with Gasteiger partial charge in [-0.25, -0.2) is 4.68 Å². The molecule has 0 saturated carbocycles. The van der Waals surface area contributed by atoms with Crippen LogP contribution in [0.4, 0.5) is 5.69 Å². The van der Waals surface area contributed by atoms with Crippen molar-refractivity contribution in [1.82, 2.24) is 9.36 Å². The summed E-state index contributed by atoms with van der Waals surface area (Å²) in [6, 6.07) is 9.15. The molecule has 7 nitrogen and oxygen atoms in total. The third-order valence-electron chi connectivity index (χ3n) is 5.37. The Morgan fingerprint density at radius 2 is 1.81 bits per heavy atom. The van der Waals surface area contributed by atoms with Crippen LogP contribution in [0.2, 0.25) is 0 Å². The smallest absolute Gasteiger partial charge is 0.295 e. The molecule has 2 aromatic rings. The van der Waals surface area contributed by atoms with E-state index in [4.69, 9.17) is 4.74 Å². The van der Waals surface area contributed by atoms with Crippen LogP contribution in [-0.4, -0.2) is 46.6 Å². The lowest BCUT2D eigenvalue weighted by molar-refractivity contribution is -0.928. The fourth-order valence-electron chi connectivity index (χ4n) is 3.80. The van der Waals surface area contributed by atoms with E-state index < -0.39 is 0 Å². The van der Waals surface area contributed by atoms with Gasteiger partial charge in [0.25, 0.3) is 11.5 Å². The highest BCUT2D eigenvalue weighted by molar-refractivity contribution is 5.94. The molecule has 1 unspecified atom stereocenters. The van der Waals surface area contributed by atoms with Crippen molar-refractivity contribution in [2.45, 2.75) is 45.9 Å². The average molecular weight is 373 g/mol. The van der Waals surface area contributed by atoms with Gasteiger partial charge < -0.3 is 15.0 Å². The SMILES string of the molecule is Cc1c(NC(=O)[C@@H](C)[NH+]2C[C@@H](C)O[C@@H](C)C2)c(=O)n(-c2ccccc2)n1C. The quantitative estimate of drug-likeness (QED) is 0.820. The van der Waals surface area contributed by atoms with Crippen LogP contribution in [0.1, 0.15) is 26.5 Å². The molecule has 1 aliphatic rings. The Kier molecular flexibility index (Phi) is 5.53. The van der Waals surface area contributed by atoms with Crippen molar-refractivity contribution in [2.24, 2.45) is 7.05 Å². The Labute approximate surface area is 159 Å². The van der Waals surface area contributed by atoms with E-state index in [2.05, 4.69) is 5.32 Å². The van der Waals surface area contributed by atoms with Gasteiger partial charge in [-0.15, -0.1) is 0 Å². The minimum atomic E-state index is -0.261. The summed E-state index contributed by atoms with van der Waals surface area (Å²) >= 11 is 0. The number of benzene rings is 1. The molecule has 1 saturated heterocycles. The lowest BCUT2D eigenvalue weighted by atomic mass is 10.1. The Morgan fingerprint density at radius 3 is 2.41 bits per heavy atom. The molecule has 2 N–H and O–H groups in total. The van der Waals surface area contributed by atoms with E-state index in [0.717, 1.165) is 24.5 Å². The number of rotatable bonds is 4. The van der Waals surface area contributed by atoms with Gasteiger partial charge in [-0.3, -0.25) is 14.3 Å². The Balaban J connectivity index is 1.83. The van der Waals surface area contributed by atoms with Crippen molar-refractivity contribution < 1.29 is 14.4 Å². The van der Waals surface area contributed by atoms with Gasteiger partial charge in [0.2, 0.25) is 0 Å². The molecular weight excluding hydrogens is 344 g/mol. The van der Waals surface area contributed by atoms with Crippen LogP contribution in [0.5, 0.6) is 0 Å². The number of hydrogen-bond acceptors (Lipinski definition) is 3. The van der Waals surface area contributed by atoms with E-state index in [9.17, 15) is 9.59 Å². The first-order chi connectivity index (χ1) is 12.8. The first-order valence-corrected chi connectivity index (χ1v) is 9.44. The van der Waals surface area contributed by atoms with Crippen molar-refractivity contribution in [3.8, 4) is 5.69 Å². The number of anilines is 1. The monoisotopic (exact) mass is 373 g/mol. The molecule has 27 heavy (non-hydrogen) atoms. The first kappa shape index (κ1) is 19.4. The van der Waals surface area contributed by atoms with Crippen LogP contribution in [0.3, 0.4) is 0 Å². The molecule has 7 heteroatoms. The Hall–Kier alpha value is -2.38. The zero-order valence-corrected chi connectivity index (χ0v) is 16.7. The number of hydrogen-bond donors (Lipinski definition) is 2. The molecule has 4 atom stereocenters. The standard InChI is InChI=1S/C20H28N4O3/c1-13-11-23(12-14(2)27-13)16(4)19(25)21-18-15(3)22(5)24(20(18)26)17-9-7-6-8-10-17/h6-10,13-14,16H,11-12H2,1-5H3,(H,21,25)/p+1/t13-,14+,16-/m1/s1. The van der Waals surface area contributed by atoms with Crippen LogP contribution in [0, 0.1) is 6.92 Å². The molecule has 0 spiro atoms. The summed E-state index contributed by atoms with van der Waals surface area (Å²) < 4.78 is 9.10. The van der Waals surface area contributed by atoms with Gasteiger partial charge >= 0.3 is 0 Å². The molecule has 1 amide bonds. The van der Waals surface area contributed by atoms with Crippen LogP contribution in [-0.2, 0) is 16.6 Å². The normalized spacial score (nSPS) is 23.8. The summed E-state index contributed by atoms with van der Waals surface area (Å²) in [6.07, 6.45) is 0.237. The van der Waals surface area contributed by atoms with Gasteiger partial charge in [-0.2, -0.15) is 0 Å². The van der Waals surface area contributed by atoms with Gasteiger partial charge in [0.15, 0.2) is 6.04 Å². The molecule has 1 aromatic heterocycles. The van der Waals surface area contributed by atoms with Crippen molar-refractivity contribution in [2.75, 3.05) is 18.4 Å². The molecule has 0 bridgehead atoms. The number of nitrogens with one attached hydrogen (secondary N) is 2. The predicted octanol–water partition coefficient (Wildman–Crippen LogP) is 0.504. The fraction of sp³-hybridized carbons (Fsp3) is 0.500. The molecular formula is C20H29N4O3+. The second-order valence-electron chi connectivity index (χ2n) is 7.47.